The summed E-state index contributed by atoms with van der Waals surface area (Å²) in [6, 6.07) is 3.23. The van der Waals surface area contributed by atoms with Crippen molar-refractivity contribution in [3.8, 4) is 6.07 Å². The van der Waals surface area contributed by atoms with Gasteiger partial charge in [-0.3, -0.25) is 9.52 Å². The van der Waals surface area contributed by atoms with Crippen LogP contribution in [0.2, 0.25) is 0 Å². The highest BCUT2D eigenvalue weighted by molar-refractivity contribution is 7.89. The summed E-state index contributed by atoms with van der Waals surface area (Å²) < 4.78 is 112. The third-order valence-corrected chi connectivity index (χ3v) is 6.35. The fourth-order valence-corrected chi connectivity index (χ4v) is 4.58. The van der Waals surface area contributed by atoms with Crippen LogP contribution in [0.25, 0.3) is 0 Å². The molecule has 2 aromatic rings. The number of hydrogen-bond donors (Lipinski definition) is 1. The summed E-state index contributed by atoms with van der Waals surface area (Å²) in [5.74, 6) is -10.1. The first kappa shape index (κ1) is 27.7. The standard InChI is InChI=1S/C21H16F6N4O5S/c1-2-36-20(33)12-5-10(6-28)18(29-17(12)21(25,26)27)31-7-11(8-31)19(32)30-37(34,35)9-13-14(22)3-4-15(23)16(13)24/h3-5,11H,2,7-9H2,1H3,(H,30,32). The SMILES string of the molecule is CCOC(=O)c1cc(C#N)c(N2CC(C(=O)NS(=O)(=O)Cc3c(F)ccc(F)c3F)C2)nc1C(F)(F)F. The Morgan fingerprint density at radius 3 is 2.41 bits per heavy atom. The van der Waals surface area contributed by atoms with Crippen LogP contribution < -0.4 is 9.62 Å². The number of benzene rings is 1. The number of halogens is 6. The maximum atomic E-state index is 13.8. The second-order valence-corrected chi connectivity index (χ2v) is 9.46. The first-order valence-corrected chi connectivity index (χ1v) is 11.9. The second kappa shape index (κ2) is 10.2. The minimum atomic E-state index is -5.10. The van der Waals surface area contributed by atoms with E-state index in [0.717, 1.165) is 4.90 Å². The number of carbonyl (C=O) groups is 2. The maximum Gasteiger partial charge on any atom is 0.434 e. The van der Waals surface area contributed by atoms with Gasteiger partial charge in [0.05, 0.1) is 23.7 Å². The minimum Gasteiger partial charge on any atom is -0.462 e. The van der Waals surface area contributed by atoms with Gasteiger partial charge in [0.2, 0.25) is 15.9 Å². The number of hydrogen-bond acceptors (Lipinski definition) is 8. The molecule has 1 aromatic heterocycles. The van der Waals surface area contributed by atoms with Crippen LogP contribution in [0.5, 0.6) is 0 Å². The number of amides is 1. The zero-order chi connectivity index (χ0) is 27.7. The first-order chi connectivity index (χ1) is 17.2. The normalized spacial score (nSPS) is 14.1. The van der Waals surface area contributed by atoms with Crippen LogP contribution in [0.15, 0.2) is 18.2 Å². The summed E-state index contributed by atoms with van der Waals surface area (Å²) in [5, 5.41) is 9.35. The third kappa shape index (κ3) is 5.93. The quantitative estimate of drug-likeness (QED) is 0.317. The monoisotopic (exact) mass is 550 g/mol. The topological polar surface area (TPSA) is 129 Å². The number of rotatable bonds is 7. The predicted octanol–water partition coefficient (Wildman–Crippen LogP) is 2.65. The molecule has 1 saturated heterocycles. The number of esters is 1. The highest BCUT2D eigenvalue weighted by atomic mass is 32.2. The van der Waals surface area contributed by atoms with E-state index in [2.05, 4.69) is 9.72 Å². The number of ether oxygens (including phenoxy) is 1. The molecule has 0 radical (unpaired) electrons. The smallest absolute Gasteiger partial charge is 0.434 e. The van der Waals surface area contributed by atoms with Crippen molar-refractivity contribution >= 4 is 27.7 Å². The highest BCUT2D eigenvalue weighted by Gasteiger charge is 2.42. The number of carbonyl (C=O) groups excluding carboxylic acids is 2. The number of nitriles is 1. The number of sulfonamides is 1. The van der Waals surface area contributed by atoms with Gasteiger partial charge in [0, 0.05) is 18.7 Å². The zero-order valence-electron chi connectivity index (χ0n) is 18.7. The number of pyridine rings is 1. The molecule has 0 spiro atoms. The molecule has 0 saturated carbocycles. The lowest BCUT2D eigenvalue weighted by atomic mass is 9.98. The third-order valence-electron chi connectivity index (χ3n) is 5.17. The number of aromatic nitrogens is 1. The highest BCUT2D eigenvalue weighted by Crippen LogP contribution is 2.36. The first-order valence-electron chi connectivity index (χ1n) is 10.3. The fourth-order valence-electron chi connectivity index (χ4n) is 3.39. The van der Waals surface area contributed by atoms with Crippen LogP contribution in [-0.4, -0.2) is 45.0 Å². The van der Waals surface area contributed by atoms with Crippen LogP contribution in [-0.2, 0) is 31.5 Å². The molecule has 37 heavy (non-hydrogen) atoms. The van der Waals surface area contributed by atoms with Gasteiger partial charge < -0.3 is 9.64 Å². The molecule has 1 fully saturated rings. The molecule has 0 atom stereocenters. The lowest BCUT2D eigenvalue weighted by Crippen LogP contribution is -2.55. The summed E-state index contributed by atoms with van der Waals surface area (Å²) in [7, 11) is -4.69. The molecule has 2 heterocycles. The molecule has 1 aromatic carbocycles. The summed E-state index contributed by atoms with van der Waals surface area (Å²) in [6.07, 6.45) is -5.10. The number of anilines is 1. The van der Waals surface area contributed by atoms with Crippen molar-refractivity contribution < 1.29 is 49.1 Å². The Bertz CT molecular complexity index is 1400. The Labute approximate surface area is 205 Å². The van der Waals surface area contributed by atoms with Crippen molar-refractivity contribution in [3.05, 3.63) is 58.0 Å². The van der Waals surface area contributed by atoms with E-state index in [0.29, 0.717) is 18.2 Å². The Balaban J connectivity index is 1.77. The summed E-state index contributed by atoms with van der Waals surface area (Å²) in [6.45, 7) is 0.391. The zero-order valence-corrected chi connectivity index (χ0v) is 19.5. The molecule has 16 heteroatoms. The Morgan fingerprint density at radius 2 is 1.84 bits per heavy atom. The second-order valence-electron chi connectivity index (χ2n) is 7.73. The van der Waals surface area contributed by atoms with Gasteiger partial charge in [-0.05, 0) is 25.1 Å². The van der Waals surface area contributed by atoms with E-state index >= 15 is 0 Å². The Morgan fingerprint density at radius 1 is 1.22 bits per heavy atom. The van der Waals surface area contributed by atoms with Gasteiger partial charge in [-0.1, -0.05) is 0 Å². The van der Waals surface area contributed by atoms with Crippen molar-refractivity contribution in [2.75, 3.05) is 24.6 Å². The Hall–Kier alpha value is -3.87. The van der Waals surface area contributed by atoms with Crippen LogP contribution in [0.1, 0.15) is 34.1 Å². The molecular formula is C21H16F6N4O5S. The van der Waals surface area contributed by atoms with E-state index in [9.17, 15) is 49.6 Å². The Kier molecular flexibility index (Phi) is 7.67. The van der Waals surface area contributed by atoms with Gasteiger partial charge in [0.1, 0.15) is 23.5 Å². The van der Waals surface area contributed by atoms with Gasteiger partial charge in [-0.2, -0.15) is 18.4 Å². The molecule has 9 nitrogen and oxygen atoms in total. The molecule has 1 aliphatic heterocycles. The van der Waals surface area contributed by atoms with Crippen LogP contribution in [0.4, 0.5) is 32.2 Å². The van der Waals surface area contributed by atoms with Crippen molar-refractivity contribution in [2.24, 2.45) is 5.92 Å². The lowest BCUT2D eigenvalue weighted by molar-refractivity contribution is -0.141. The fraction of sp³-hybridized carbons (Fsp3) is 0.333. The molecule has 198 valence electrons. The summed E-state index contributed by atoms with van der Waals surface area (Å²) in [4.78, 5) is 28.8. The van der Waals surface area contributed by atoms with Gasteiger partial charge in [-0.25, -0.2) is 31.4 Å². The summed E-state index contributed by atoms with van der Waals surface area (Å²) >= 11 is 0. The summed E-state index contributed by atoms with van der Waals surface area (Å²) in [5.41, 5.74) is -4.15. The van der Waals surface area contributed by atoms with Gasteiger partial charge in [-0.15, -0.1) is 0 Å². The molecule has 1 N–H and O–H groups in total. The molecule has 0 unspecified atom stereocenters. The number of alkyl halides is 3. The molecule has 1 amide bonds. The van der Waals surface area contributed by atoms with E-state index in [-0.39, 0.29) is 19.7 Å². The van der Waals surface area contributed by atoms with Crippen LogP contribution in [0.3, 0.4) is 0 Å². The predicted molar refractivity (Wildman–Crippen MR) is 113 cm³/mol. The van der Waals surface area contributed by atoms with Crippen LogP contribution >= 0.6 is 0 Å². The number of nitrogens with one attached hydrogen (secondary N) is 1. The van der Waals surface area contributed by atoms with Crippen molar-refractivity contribution in [1.29, 1.82) is 5.26 Å². The van der Waals surface area contributed by atoms with Crippen LogP contribution in [0, 0.1) is 34.7 Å². The average molecular weight is 550 g/mol. The molecule has 3 rings (SSSR count). The molecular weight excluding hydrogens is 534 g/mol. The molecule has 0 bridgehead atoms. The van der Waals surface area contributed by atoms with Gasteiger partial charge in [0.25, 0.3) is 0 Å². The van der Waals surface area contributed by atoms with E-state index < -0.39 is 85.4 Å². The van der Waals surface area contributed by atoms with Crippen molar-refractivity contribution in [1.82, 2.24) is 9.71 Å². The van der Waals surface area contributed by atoms with Gasteiger partial charge in [0.15, 0.2) is 17.3 Å². The maximum absolute atomic E-state index is 13.8. The molecule has 1 aliphatic rings. The van der Waals surface area contributed by atoms with Crippen molar-refractivity contribution in [3.63, 3.8) is 0 Å². The molecule has 0 aliphatic carbocycles. The lowest BCUT2D eigenvalue weighted by Gasteiger charge is -2.39. The van der Waals surface area contributed by atoms with E-state index in [1.165, 1.54) is 6.92 Å². The van der Waals surface area contributed by atoms with Gasteiger partial charge >= 0.3 is 12.1 Å². The number of nitrogens with zero attached hydrogens (tertiary/aromatic N) is 3. The van der Waals surface area contributed by atoms with Crippen molar-refractivity contribution in [2.45, 2.75) is 18.9 Å². The van der Waals surface area contributed by atoms with E-state index in [1.54, 1.807) is 10.8 Å². The van der Waals surface area contributed by atoms with E-state index in [1.807, 2.05) is 0 Å². The largest absolute Gasteiger partial charge is 0.462 e. The minimum absolute atomic E-state index is 0.232. The average Bonchev–Trinajstić information content (AvgIpc) is 2.77. The van der Waals surface area contributed by atoms with E-state index in [4.69, 9.17) is 0 Å².